The standard InChI is InChI=1S/C14H15F4N3/c1-8-6-12(21(3)20-8)13(19-2)9-4-5-11(15)10(7-9)14(16,17)18/h4-7,13,19H,1-3H3. The number of hydrogen-bond donors (Lipinski definition) is 1. The fourth-order valence-electron chi connectivity index (χ4n) is 2.33. The molecule has 114 valence electrons. The Bertz CT molecular complexity index is 646. The highest BCUT2D eigenvalue weighted by Crippen LogP contribution is 2.34. The number of rotatable bonds is 3. The third-order valence-electron chi connectivity index (χ3n) is 3.25. The maximum absolute atomic E-state index is 13.4. The van der Waals surface area contributed by atoms with Crippen LogP contribution in [0, 0.1) is 12.7 Å². The van der Waals surface area contributed by atoms with Gasteiger partial charge in [0, 0.05) is 7.05 Å². The lowest BCUT2D eigenvalue weighted by Crippen LogP contribution is -2.21. The van der Waals surface area contributed by atoms with Crippen molar-refractivity contribution in [3.8, 4) is 0 Å². The van der Waals surface area contributed by atoms with Crippen molar-refractivity contribution in [3.05, 3.63) is 52.6 Å². The number of hydrogen-bond acceptors (Lipinski definition) is 2. The molecule has 0 aliphatic heterocycles. The minimum absolute atomic E-state index is 0.328. The van der Waals surface area contributed by atoms with E-state index < -0.39 is 23.6 Å². The van der Waals surface area contributed by atoms with Crippen LogP contribution in [0.3, 0.4) is 0 Å². The molecule has 0 fully saturated rings. The molecule has 0 aliphatic rings. The molecule has 0 aliphatic carbocycles. The first-order valence-electron chi connectivity index (χ1n) is 6.28. The number of nitrogens with one attached hydrogen (secondary N) is 1. The first-order valence-corrected chi connectivity index (χ1v) is 6.28. The topological polar surface area (TPSA) is 29.9 Å². The molecule has 0 radical (unpaired) electrons. The predicted octanol–water partition coefficient (Wildman–Crippen LogP) is 3.20. The Morgan fingerprint density at radius 1 is 1.24 bits per heavy atom. The quantitative estimate of drug-likeness (QED) is 0.882. The van der Waals surface area contributed by atoms with Crippen LogP contribution in [0.15, 0.2) is 24.3 Å². The van der Waals surface area contributed by atoms with Gasteiger partial charge in [-0.3, -0.25) is 4.68 Å². The molecular formula is C14H15F4N3. The van der Waals surface area contributed by atoms with E-state index in [9.17, 15) is 17.6 Å². The molecule has 1 aromatic heterocycles. The maximum Gasteiger partial charge on any atom is 0.419 e. The van der Waals surface area contributed by atoms with Gasteiger partial charge in [-0.15, -0.1) is 0 Å². The Hall–Kier alpha value is -1.89. The second-order valence-corrected chi connectivity index (χ2v) is 4.79. The van der Waals surface area contributed by atoms with Crippen molar-refractivity contribution in [2.24, 2.45) is 7.05 Å². The molecule has 1 unspecified atom stereocenters. The third kappa shape index (κ3) is 3.07. The molecule has 2 aromatic rings. The van der Waals surface area contributed by atoms with Crippen molar-refractivity contribution in [3.63, 3.8) is 0 Å². The van der Waals surface area contributed by atoms with E-state index >= 15 is 0 Å². The number of alkyl halides is 3. The number of benzene rings is 1. The summed E-state index contributed by atoms with van der Waals surface area (Å²) in [5.74, 6) is -1.28. The van der Waals surface area contributed by atoms with E-state index in [-0.39, 0.29) is 0 Å². The van der Waals surface area contributed by atoms with E-state index in [4.69, 9.17) is 0 Å². The summed E-state index contributed by atoms with van der Waals surface area (Å²) >= 11 is 0. The lowest BCUT2D eigenvalue weighted by Gasteiger charge is -2.19. The smallest absolute Gasteiger partial charge is 0.308 e. The van der Waals surface area contributed by atoms with E-state index in [1.54, 1.807) is 31.8 Å². The average molecular weight is 301 g/mol. The fraction of sp³-hybridized carbons (Fsp3) is 0.357. The number of aryl methyl sites for hydroxylation is 2. The molecular weight excluding hydrogens is 286 g/mol. The monoisotopic (exact) mass is 301 g/mol. The van der Waals surface area contributed by atoms with Crippen LogP contribution in [0.5, 0.6) is 0 Å². The van der Waals surface area contributed by atoms with E-state index in [2.05, 4.69) is 10.4 Å². The number of halogens is 4. The van der Waals surface area contributed by atoms with E-state index in [0.29, 0.717) is 11.3 Å². The molecule has 0 amide bonds. The van der Waals surface area contributed by atoms with Gasteiger partial charge >= 0.3 is 6.18 Å². The van der Waals surface area contributed by atoms with Crippen LogP contribution in [-0.4, -0.2) is 16.8 Å². The molecule has 0 spiro atoms. The SMILES string of the molecule is CNC(c1ccc(F)c(C(F)(F)F)c1)c1cc(C)nn1C. The van der Waals surface area contributed by atoms with Gasteiger partial charge in [-0.2, -0.15) is 18.3 Å². The summed E-state index contributed by atoms with van der Waals surface area (Å²) in [5, 5.41) is 7.11. The Morgan fingerprint density at radius 2 is 1.90 bits per heavy atom. The van der Waals surface area contributed by atoms with Gasteiger partial charge < -0.3 is 5.32 Å². The Balaban J connectivity index is 2.51. The number of nitrogens with zero attached hydrogens (tertiary/aromatic N) is 2. The van der Waals surface area contributed by atoms with E-state index in [1.807, 2.05) is 0 Å². The molecule has 1 N–H and O–H groups in total. The van der Waals surface area contributed by atoms with Gasteiger partial charge in [0.2, 0.25) is 0 Å². The summed E-state index contributed by atoms with van der Waals surface area (Å²) in [7, 11) is 3.34. The molecule has 7 heteroatoms. The van der Waals surface area contributed by atoms with Gasteiger partial charge in [-0.05, 0) is 37.7 Å². The molecule has 0 saturated heterocycles. The Morgan fingerprint density at radius 3 is 2.38 bits per heavy atom. The van der Waals surface area contributed by atoms with Gasteiger partial charge in [0.1, 0.15) is 5.82 Å². The van der Waals surface area contributed by atoms with Crippen molar-refractivity contribution < 1.29 is 17.6 Å². The number of aromatic nitrogens is 2. The summed E-state index contributed by atoms with van der Waals surface area (Å²) in [6.07, 6.45) is -4.72. The highest BCUT2D eigenvalue weighted by Gasteiger charge is 2.35. The maximum atomic E-state index is 13.4. The highest BCUT2D eigenvalue weighted by molar-refractivity contribution is 5.34. The first-order chi connectivity index (χ1) is 9.74. The molecule has 2 rings (SSSR count). The van der Waals surface area contributed by atoms with Crippen LogP contribution in [0.2, 0.25) is 0 Å². The summed E-state index contributed by atoms with van der Waals surface area (Å²) in [5.41, 5.74) is 0.522. The molecule has 0 saturated carbocycles. The Kier molecular flexibility index (Phi) is 4.04. The summed E-state index contributed by atoms with van der Waals surface area (Å²) in [6, 6.07) is 4.29. The molecule has 3 nitrogen and oxygen atoms in total. The van der Waals surface area contributed by atoms with Crippen LogP contribution in [0.1, 0.15) is 28.6 Å². The first kappa shape index (κ1) is 15.5. The second kappa shape index (κ2) is 5.48. The lowest BCUT2D eigenvalue weighted by molar-refractivity contribution is -0.140. The largest absolute Gasteiger partial charge is 0.419 e. The molecule has 1 heterocycles. The van der Waals surface area contributed by atoms with Crippen LogP contribution in [0.4, 0.5) is 17.6 Å². The second-order valence-electron chi connectivity index (χ2n) is 4.79. The van der Waals surface area contributed by atoms with Gasteiger partial charge in [0.15, 0.2) is 0 Å². The molecule has 1 aromatic carbocycles. The van der Waals surface area contributed by atoms with Gasteiger partial charge in [0.05, 0.1) is 23.0 Å². The normalized spacial score (nSPS) is 13.5. The lowest BCUT2D eigenvalue weighted by atomic mass is 10.0. The van der Waals surface area contributed by atoms with Crippen molar-refractivity contribution in [1.82, 2.24) is 15.1 Å². The minimum atomic E-state index is -4.72. The van der Waals surface area contributed by atoms with E-state index in [1.165, 1.54) is 6.07 Å². The summed E-state index contributed by atoms with van der Waals surface area (Å²) < 4.78 is 53.4. The zero-order valence-corrected chi connectivity index (χ0v) is 11.8. The van der Waals surface area contributed by atoms with Crippen molar-refractivity contribution >= 4 is 0 Å². The zero-order valence-electron chi connectivity index (χ0n) is 11.8. The van der Waals surface area contributed by atoms with Crippen LogP contribution in [0.25, 0.3) is 0 Å². The van der Waals surface area contributed by atoms with Crippen LogP contribution >= 0.6 is 0 Å². The molecule has 0 bridgehead atoms. The minimum Gasteiger partial charge on any atom is -0.308 e. The van der Waals surface area contributed by atoms with Crippen LogP contribution < -0.4 is 5.32 Å². The third-order valence-corrected chi connectivity index (χ3v) is 3.25. The fourth-order valence-corrected chi connectivity index (χ4v) is 2.33. The van der Waals surface area contributed by atoms with Crippen LogP contribution in [-0.2, 0) is 13.2 Å². The van der Waals surface area contributed by atoms with Gasteiger partial charge in [-0.25, -0.2) is 4.39 Å². The zero-order chi connectivity index (χ0) is 15.8. The van der Waals surface area contributed by atoms with Gasteiger partial charge in [-0.1, -0.05) is 6.07 Å². The average Bonchev–Trinajstić information content (AvgIpc) is 2.70. The summed E-state index contributed by atoms with van der Waals surface area (Å²) in [4.78, 5) is 0. The Labute approximate surface area is 119 Å². The highest BCUT2D eigenvalue weighted by atomic mass is 19.4. The van der Waals surface area contributed by atoms with Gasteiger partial charge in [0.25, 0.3) is 0 Å². The predicted molar refractivity (Wildman–Crippen MR) is 70.2 cm³/mol. The van der Waals surface area contributed by atoms with Crippen molar-refractivity contribution in [1.29, 1.82) is 0 Å². The van der Waals surface area contributed by atoms with Crippen molar-refractivity contribution in [2.45, 2.75) is 19.1 Å². The van der Waals surface area contributed by atoms with Crippen molar-refractivity contribution in [2.75, 3.05) is 7.05 Å². The van der Waals surface area contributed by atoms with E-state index in [0.717, 1.165) is 17.8 Å². The summed E-state index contributed by atoms with van der Waals surface area (Å²) in [6.45, 7) is 1.79. The molecule has 1 atom stereocenters. The molecule has 21 heavy (non-hydrogen) atoms.